The first kappa shape index (κ1) is 15.9. The Labute approximate surface area is 137 Å². The highest BCUT2D eigenvalue weighted by Crippen LogP contribution is 2.40. The monoisotopic (exact) mass is 332 g/mol. The van der Waals surface area contributed by atoms with Crippen molar-refractivity contribution in [3.8, 4) is 29.1 Å². The lowest BCUT2D eigenvalue weighted by Gasteiger charge is -2.14. The second kappa shape index (κ2) is 6.53. The molecule has 7 heteroatoms. The van der Waals surface area contributed by atoms with Crippen LogP contribution in [-0.4, -0.2) is 11.6 Å². The third-order valence-electron chi connectivity index (χ3n) is 2.92. The Balaban J connectivity index is 2.92. The Kier molecular flexibility index (Phi) is 4.72. The number of nitrogens with zero attached hydrogens (tertiary/aromatic N) is 3. The van der Waals surface area contributed by atoms with Gasteiger partial charge in [0.15, 0.2) is 0 Å². The normalized spacial score (nSPS) is 9.86. The zero-order chi connectivity index (χ0) is 16.3. The molecular weight excluding hydrogens is 323 g/mol. The predicted octanol–water partition coefficient (Wildman–Crippen LogP) is 3.78. The lowest BCUT2D eigenvalue weighted by atomic mass is 9.96. The topological polar surface area (TPSA) is 95.7 Å². The third-order valence-corrected chi connectivity index (χ3v) is 3.74. The number of halogens is 2. The number of aromatic nitrogens is 1. The lowest BCUT2D eigenvalue weighted by Crippen LogP contribution is -2.06. The molecule has 2 rings (SSSR count). The number of nitriles is 2. The number of pyridine rings is 1. The molecule has 0 atom stereocenters. The van der Waals surface area contributed by atoms with Gasteiger partial charge in [-0.3, -0.25) is 0 Å². The Morgan fingerprint density at radius 3 is 2.50 bits per heavy atom. The molecule has 0 aliphatic carbocycles. The van der Waals surface area contributed by atoms with Crippen molar-refractivity contribution >= 4 is 29.0 Å². The maximum atomic E-state index is 9.46. The second-order valence-corrected chi connectivity index (χ2v) is 4.97. The number of benzene rings is 1. The summed E-state index contributed by atoms with van der Waals surface area (Å²) in [5, 5.41) is 19.4. The van der Waals surface area contributed by atoms with Gasteiger partial charge < -0.3 is 10.5 Å². The van der Waals surface area contributed by atoms with E-state index in [2.05, 4.69) is 4.98 Å². The van der Waals surface area contributed by atoms with Crippen molar-refractivity contribution in [1.29, 1.82) is 10.5 Å². The first-order valence-electron chi connectivity index (χ1n) is 6.25. The standard InChI is InChI=1S/C15H10Cl2N4O/c1-2-22-15-10(7-19)12(9(6-18)14(20)21-15)8-4-3-5-11(16)13(8)17/h3-5H,2H2,1H3,(H2,20,21). The minimum absolute atomic E-state index is 0.0315. The minimum atomic E-state index is -0.0315. The quantitative estimate of drug-likeness (QED) is 0.922. The molecular formula is C15H10Cl2N4O. The Morgan fingerprint density at radius 2 is 1.91 bits per heavy atom. The van der Waals surface area contributed by atoms with Crippen LogP contribution >= 0.6 is 23.2 Å². The zero-order valence-corrected chi connectivity index (χ0v) is 13.0. The van der Waals surface area contributed by atoms with Gasteiger partial charge in [0.1, 0.15) is 29.1 Å². The van der Waals surface area contributed by atoms with Crippen LogP contribution in [0.3, 0.4) is 0 Å². The molecule has 0 amide bonds. The number of anilines is 1. The van der Waals surface area contributed by atoms with Gasteiger partial charge in [-0.15, -0.1) is 0 Å². The van der Waals surface area contributed by atoms with E-state index in [1.807, 2.05) is 12.1 Å². The Hall–Kier alpha value is -2.47. The van der Waals surface area contributed by atoms with Crippen molar-refractivity contribution in [1.82, 2.24) is 4.98 Å². The van der Waals surface area contributed by atoms with Crippen molar-refractivity contribution in [2.75, 3.05) is 12.3 Å². The fraction of sp³-hybridized carbons (Fsp3) is 0.133. The van der Waals surface area contributed by atoms with Crippen molar-refractivity contribution in [2.24, 2.45) is 0 Å². The van der Waals surface area contributed by atoms with Gasteiger partial charge in [-0.05, 0) is 13.0 Å². The van der Waals surface area contributed by atoms with E-state index in [4.69, 9.17) is 33.7 Å². The van der Waals surface area contributed by atoms with Gasteiger partial charge in [0.2, 0.25) is 5.88 Å². The largest absolute Gasteiger partial charge is 0.477 e. The Bertz CT molecular complexity index is 822. The number of hydrogen-bond acceptors (Lipinski definition) is 5. The van der Waals surface area contributed by atoms with Crippen molar-refractivity contribution in [3.63, 3.8) is 0 Å². The average molecular weight is 333 g/mol. The van der Waals surface area contributed by atoms with E-state index in [1.54, 1.807) is 25.1 Å². The molecule has 0 bridgehead atoms. The summed E-state index contributed by atoms with van der Waals surface area (Å²) in [5.41, 5.74) is 6.67. The van der Waals surface area contributed by atoms with Gasteiger partial charge in [-0.2, -0.15) is 15.5 Å². The highest BCUT2D eigenvalue weighted by atomic mass is 35.5. The highest BCUT2D eigenvalue weighted by molar-refractivity contribution is 6.43. The molecule has 5 nitrogen and oxygen atoms in total. The van der Waals surface area contributed by atoms with E-state index in [1.165, 1.54) is 0 Å². The number of nitrogen functional groups attached to an aromatic ring is 1. The summed E-state index contributed by atoms with van der Waals surface area (Å²) in [5.74, 6) is 0.0311. The zero-order valence-electron chi connectivity index (χ0n) is 11.5. The molecule has 1 aromatic carbocycles. The second-order valence-electron chi connectivity index (χ2n) is 4.19. The third kappa shape index (κ3) is 2.65. The van der Waals surface area contributed by atoms with Gasteiger partial charge in [-0.25, -0.2) is 0 Å². The van der Waals surface area contributed by atoms with Gasteiger partial charge >= 0.3 is 0 Å². The first-order valence-corrected chi connectivity index (χ1v) is 7.01. The van der Waals surface area contributed by atoms with Crippen molar-refractivity contribution < 1.29 is 4.74 Å². The fourth-order valence-electron chi connectivity index (χ4n) is 2.01. The van der Waals surface area contributed by atoms with Crippen molar-refractivity contribution in [2.45, 2.75) is 6.92 Å². The fourth-order valence-corrected chi connectivity index (χ4v) is 2.40. The lowest BCUT2D eigenvalue weighted by molar-refractivity contribution is 0.326. The first-order chi connectivity index (χ1) is 10.5. The molecule has 1 heterocycles. The van der Waals surface area contributed by atoms with E-state index in [0.29, 0.717) is 17.2 Å². The number of rotatable bonds is 3. The van der Waals surface area contributed by atoms with Crippen LogP contribution in [-0.2, 0) is 0 Å². The van der Waals surface area contributed by atoms with Crippen LogP contribution in [0, 0.1) is 22.7 Å². The van der Waals surface area contributed by atoms with E-state index >= 15 is 0 Å². The molecule has 0 spiro atoms. The summed E-state index contributed by atoms with van der Waals surface area (Å²) >= 11 is 12.2. The van der Waals surface area contributed by atoms with E-state index < -0.39 is 0 Å². The number of hydrogen-bond donors (Lipinski definition) is 1. The highest BCUT2D eigenvalue weighted by Gasteiger charge is 2.23. The summed E-state index contributed by atoms with van der Waals surface area (Å²) in [7, 11) is 0. The summed E-state index contributed by atoms with van der Waals surface area (Å²) in [6.07, 6.45) is 0. The molecule has 22 heavy (non-hydrogen) atoms. The smallest absolute Gasteiger partial charge is 0.234 e. The maximum absolute atomic E-state index is 9.46. The summed E-state index contributed by atoms with van der Waals surface area (Å²) in [4.78, 5) is 3.98. The number of ether oxygens (including phenoxy) is 1. The predicted molar refractivity (Wildman–Crippen MR) is 84.7 cm³/mol. The van der Waals surface area contributed by atoms with Crippen LogP contribution in [0.1, 0.15) is 18.1 Å². The molecule has 1 aromatic heterocycles. The van der Waals surface area contributed by atoms with Crippen LogP contribution in [0.2, 0.25) is 10.0 Å². The van der Waals surface area contributed by atoms with Crippen LogP contribution in [0.25, 0.3) is 11.1 Å². The molecule has 2 aromatic rings. The molecule has 2 N–H and O–H groups in total. The van der Waals surface area contributed by atoms with Gasteiger partial charge in [0.25, 0.3) is 0 Å². The molecule has 0 unspecified atom stereocenters. The summed E-state index contributed by atoms with van der Waals surface area (Å²) in [6, 6.07) is 8.89. The maximum Gasteiger partial charge on any atom is 0.234 e. The molecule has 0 saturated carbocycles. The molecule has 0 aliphatic heterocycles. The van der Waals surface area contributed by atoms with Crippen LogP contribution in [0.15, 0.2) is 18.2 Å². The van der Waals surface area contributed by atoms with E-state index in [0.717, 1.165) is 0 Å². The summed E-state index contributed by atoms with van der Waals surface area (Å²) in [6.45, 7) is 2.05. The van der Waals surface area contributed by atoms with Gasteiger partial charge in [0, 0.05) is 11.1 Å². The van der Waals surface area contributed by atoms with E-state index in [9.17, 15) is 10.5 Å². The molecule has 0 saturated heterocycles. The van der Waals surface area contributed by atoms with E-state index in [-0.39, 0.29) is 33.4 Å². The molecule has 0 aliphatic rings. The molecule has 0 fully saturated rings. The van der Waals surface area contributed by atoms with Crippen LogP contribution in [0.4, 0.5) is 5.82 Å². The molecule has 110 valence electrons. The van der Waals surface area contributed by atoms with Gasteiger partial charge in [0.05, 0.1) is 16.7 Å². The van der Waals surface area contributed by atoms with Gasteiger partial charge in [-0.1, -0.05) is 35.3 Å². The minimum Gasteiger partial charge on any atom is -0.477 e. The molecule has 0 radical (unpaired) electrons. The van der Waals surface area contributed by atoms with Crippen LogP contribution < -0.4 is 10.5 Å². The Morgan fingerprint density at radius 1 is 1.23 bits per heavy atom. The number of nitrogens with two attached hydrogens (primary N) is 1. The van der Waals surface area contributed by atoms with Crippen LogP contribution in [0.5, 0.6) is 5.88 Å². The summed E-state index contributed by atoms with van der Waals surface area (Å²) < 4.78 is 5.34. The average Bonchev–Trinajstić information content (AvgIpc) is 2.50. The van der Waals surface area contributed by atoms with Crippen molar-refractivity contribution in [3.05, 3.63) is 39.4 Å². The SMILES string of the molecule is CCOc1nc(N)c(C#N)c(-c2cccc(Cl)c2Cl)c1C#N.